The Bertz CT molecular complexity index is 433. The monoisotopic (exact) mass is 258 g/mol. The predicted molar refractivity (Wildman–Crippen MR) is 80.0 cm³/mol. The molecule has 104 valence electrons. The molecule has 2 nitrogen and oxygen atoms in total. The average Bonchev–Trinajstić information content (AvgIpc) is 2.60. The van der Waals surface area contributed by atoms with Gasteiger partial charge in [0.15, 0.2) is 0 Å². The second kappa shape index (κ2) is 5.64. The Kier molecular flexibility index (Phi) is 3.90. The molecule has 1 fully saturated rings. The van der Waals surface area contributed by atoms with E-state index in [1.807, 2.05) is 0 Å². The second-order valence-electron chi connectivity index (χ2n) is 6.21. The molecule has 1 aliphatic carbocycles. The molecule has 0 amide bonds. The summed E-state index contributed by atoms with van der Waals surface area (Å²) in [7, 11) is 0. The average molecular weight is 258 g/mol. The van der Waals surface area contributed by atoms with Crippen LogP contribution in [0.2, 0.25) is 0 Å². The van der Waals surface area contributed by atoms with Crippen molar-refractivity contribution in [1.29, 1.82) is 0 Å². The number of hydrogen-bond donors (Lipinski definition) is 1. The van der Waals surface area contributed by atoms with Gasteiger partial charge in [0.1, 0.15) is 0 Å². The summed E-state index contributed by atoms with van der Waals surface area (Å²) in [6, 6.07) is 7.92. The van der Waals surface area contributed by atoms with E-state index in [0.717, 1.165) is 19.1 Å². The maximum Gasteiger partial charge on any atom is 0.0480 e. The Morgan fingerprint density at radius 1 is 1.16 bits per heavy atom. The summed E-state index contributed by atoms with van der Waals surface area (Å²) in [5.74, 6) is 0. The molecule has 0 bridgehead atoms. The Hall–Kier alpha value is -0.860. The summed E-state index contributed by atoms with van der Waals surface area (Å²) >= 11 is 0. The van der Waals surface area contributed by atoms with Crippen molar-refractivity contribution in [1.82, 2.24) is 4.90 Å². The zero-order chi connectivity index (χ0) is 13.2. The number of nitrogens with two attached hydrogens (primary N) is 1. The topological polar surface area (TPSA) is 29.3 Å². The Labute approximate surface area is 117 Å². The van der Waals surface area contributed by atoms with Crippen molar-refractivity contribution in [3.8, 4) is 0 Å². The van der Waals surface area contributed by atoms with Gasteiger partial charge in [-0.3, -0.25) is 4.90 Å². The number of benzene rings is 1. The maximum absolute atomic E-state index is 6.09. The van der Waals surface area contributed by atoms with Crippen molar-refractivity contribution >= 4 is 0 Å². The van der Waals surface area contributed by atoms with E-state index in [-0.39, 0.29) is 0 Å². The fourth-order valence-corrected chi connectivity index (χ4v) is 3.96. The van der Waals surface area contributed by atoms with Crippen molar-refractivity contribution in [3.63, 3.8) is 0 Å². The standard InChI is InChI=1S/C17H26N2/c1-13-7-6-10-15-16(13)12-19(17(15)11-18)14-8-4-2-3-5-9-14/h6-7,10,14,17H,2-5,8-9,11-12,18H2,1H3. The van der Waals surface area contributed by atoms with Gasteiger partial charge in [-0.1, -0.05) is 43.9 Å². The zero-order valence-electron chi connectivity index (χ0n) is 12.1. The van der Waals surface area contributed by atoms with Gasteiger partial charge in [0.25, 0.3) is 0 Å². The summed E-state index contributed by atoms with van der Waals surface area (Å²) < 4.78 is 0. The van der Waals surface area contributed by atoms with E-state index < -0.39 is 0 Å². The lowest BCUT2D eigenvalue weighted by atomic mass is 10.0. The lowest BCUT2D eigenvalue weighted by molar-refractivity contribution is 0.135. The van der Waals surface area contributed by atoms with Crippen molar-refractivity contribution in [2.24, 2.45) is 5.73 Å². The van der Waals surface area contributed by atoms with Crippen LogP contribution in [-0.4, -0.2) is 17.5 Å². The normalized spacial score (nSPS) is 25.3. The molecule has 1 atom stereocenters. The lowest BCUT2D eigenvalue weighted by Gasteiger charge is -2.32. The predicted octanol–water partition coefficient (Wildman–Crippen LogP) is 3.53. The highest BCUT2D eigenvalue weighted by Crippen LogP contribution is 2.39. The molecule has 1 aliphatic heterocycles. The molecule has 0 radical (unpaired) electrons. The van der Waals surface area contributed by atoms with Gasteiger partial charge in [0, 0.05) is 25.2 Å². The van der Waals surface area contributed by atoms with E-state index >= 15 is 0 Å². The fraction of sp³-hybridized carbons (Fsp3) is 0.647. The molecule has 0 saturated heterocycles. The van der Waals surface area contributed by atoms with Crippen LogP contribution in [0.5, 0.6) is 0 Å². The minimum absolute atomic E-state index is 0.456. The van der Waals surface area contributed by atoms with Gasteiger partial charge in [0.2, 0.25) is 0 Å². The van der Waals surface area contributed by atoms with Crippen LogP contribution in [0, 0.1) is 6.92 Å². The van der Waals surface area contributed by atoms with E-state index in [1.54, 1.807) is 5.56 Å². The van der Waals surface area contributed by atoms with Gasteiger partial charge in [-0.05, 0) is 36.5 Å². The smallest absolute Gasteiger partial charge is 0.0480 e. The van der Waals surface area contributed by atoms with Crippen LogP contribution in [0.15, 0.2) is 18.2 Å². The van der Waals surface area contributed by atoms with Gasteiger partial charge >= 0.3 is 0 Å². The molecule has 2 N–H and O–H groups in total. The van der Waals surface area contributed by atoms with Crippen LogP contribution < -0.4 is 5.73 Å². The minimum atomic E-state index is 0.456. The summed E-state index contributed by atoms with van der Waals surface area (Å²) in [5.41, 5.74) is 10.6. The lowest BCUT2D eigenvalue weighted by Crippen LogP contribution is -2.36. The number of aryl methyl sites for hydroxylation is 1. The SMILES string of the molecule is Cc1cccc2c1CN(C1CCCCCC1)C2CN. The highest BCUT2D eigenvalue weighted by molar-refractivity contribution is 5.40. The highest BCUT2D eigenvalue weighted by Gasteiger charge is 2.34. The summed E-state index contributed by atoms with van der Waals surface area (Å²) in [6.07, 6.45) is 8.36. The molecule has 1 heterocycles. The molecule has 2 heteroatoms. The Morgan fingerprint density at radius 3 is 2.58 bits per heavy atom. The van der Waals surface area contributed by atoms with E-state index in [2.05, 4.69) is 30.0 Å². The molecular formula is C17H26N2. The third-order valence-corrected chi connectivity index (χ3v) is 5.06. The zero-order valence-corrected chi connectivity index (χ0v) is 12.1. The molecule has 1 saturated carbocycles. The van der Waals surface area contributed by atoms with Gasteiger partial charge in [-0.15, -0.1) is 0 Å². The second-order valence-corrected chi connectivity index (χ2v) is 6.21. The van der Waals surface area contributed by atoms with Crippen molar-refractivity contribution < 1.29 is 0 Å². The summed E-state index contributed by atoms with van der Waals surface area (Å²) in [6.45, 7) is 4.12. The molecule has 3 rings (SSSR count). The largest absolute Gasteiger partial charge is 0.329 e. The fourth-order valence-electron chi connectivity index (χ4n) is 3.96. The third kappa shape index (κ3) is 2.44. The minimum Gasteiger partial charge on any atom is -0.329 e. The van der Waals surface area contributed by atoms with Crippen LogP contribution in [-0.2, 0) is 6.54 Å². The maximum atomic E-state index is 6.09. The van der Waals surface area contributed by atoms with Crippen molar-refractivity contribution in [2.75, 3.05) is 6.54 Å². The number of rotatable bonds is 2. The Balaban J connectivity index is 1.86. The summed E-state index contributed by atoms with van der Waals surface area (Å²) in [5, 5.41) is 0. The van der Waals surface area contributed by atoms with Crippen molar-refractivity contribution in [3.05, 3.63) is 34.9 Å². The Morgan fingerprint density at radius 2 is 1.89 bits per heavy atom. The first-order chi connectivity index (χ1) is 9.31. The van der Waals surface area contributed by atoms with E-state index in [0.29, 0.717) is 6.04 Å². The van der Waals surface area contributed by atoms with E-state index in [4.69, 9.17) is 5.73 Å². The van der Waals surface area contributed by atoms with Crippen LogP contribution in [0.1, 0.15) is 61.3 Å². The van der Waals surface area contributed by atoms with Crippen LogP contribution in [0.4, 0.5) is 0 Å². The van der Waals surface area contributed by atoms with Gasteiger partial charge in [-0.25, -0.2) is 0 Å². The molecular weight excluding hydrogens is 232 g/mol. The highest BCUT2D eigenvalue weighted by atomic mass is 15.2. The number of nitrogens with zero attached hydrogens (tertiary/aromatic N) is 1. The molecule has 1 unspecified atom stereocenters. The first kappa shape index (κ1) is 13.1. The quantitative estimate of drug-likeness (QED) is 0.822. The third-order valence-electron chi connectivity index (χ3n) is 5.06. The molecule has 1 aromatic carbocycles. The van der Waals surface area contributed by atoms with Gasteiger partial charge < -0.3 is 5.73 Å². The van der Waals surface area contributed by atoms with Gasteiger partial charge in [-0.2, -0.15) is 0 Å². The number of fused-ring (bicyclic) bond motifs is 1. The van der Waals surface area contributed by atoms with Crippen LogP contribution >= 0.6 is 0 Å². The molecule has 2 aliphatic rings. The number of hydrogen-bond acceptors (Lipinski definition) is 2. The first-order valence-corrected chi connectivity index (χ1v) is 7.85. The van der Waals surface area contributed by atoms with Crippen LogP contribution in [0.25, 0.3) is 0 Å². The molecule has 19 heavy (non-hydrogen) atoms. The van der Waals surface area contributed by atoms with Crippen LogP contribution in [0.3, 0.4) is 0 Å². The molecule has 1 aromatic rings. The molecule has 0 aromatic heterocycles. The van der Waals surface area contributed by atoms with E-state index in [1.165, 1.54) is 49.7 Å². The van der Waals surface area contributed by atoms with E-state index in [9.17, 15) is 0 Å². The molecule has 0 spiro atoms. The van der Waals surface area contributed by atoms with Crippen molar-refractivity contribution in [2.45, 2.75) is 64.1 Å². The first-order valence-electron chi connectivity index (χ1n) is 7.85. The van der Waals surface area contributed by atoms with Gasteiger partial charge in [0.05, 0.1) is 0 Å². The summed E-state index contributed by atoms with van der Waals surface area (Å²) in [4.78, 5) is 2.70.